The fourth-order valence-electron chi connectivity index (χ4n) is 8.61. The van der Waals surface area contributed by atoms with Crippen LogP contribution in [0.25, 0.3) is 66.0 Å². The molecule has 0 unspecified atom stereocenters. The van der Waals surface area contributed by atoms with Gasteiger partial charge in [-0.1, -0.05) is 159 Å². The van der Waals surface area contributed by atoms with Gasteiger partial charge in [-0.05, 0) is 80.2 Å². The standard InChI is InChI=1S/C49H36N2/c1-49(2)42-22-12-11-20-40(42)44-38-18-9-10-19-39(38)48-45(46(44)49)41-21-13-23-43(47(41)50-48)51(36-28-24-34(25-29-36)32-14-5-3-6-15-32)37-30-26-35(27-31-37)33-16-7-4-8-17-33/h3-31,50H,1-2H3. The first-order valence-electron chi connectivity index (χ1n) is 17.8. The predicted octanol–water partition coefficient (Wildman–Crippen LogP) is 13.6. The largest absolute Gasteiger partial charge is 0.352 e. The number of nitrogens with one attached hydrogen (secondary N) is 1. The molecule has 0 atom stereocenters. The van der Waals surface area contributed by atoms with Gasteiger partial charge in [-0.25, -0.2) is 0 Å². The van der Waals surface area contributed by atoms with E-state index in [0.29, 0.717) is 0 Å². The monoisotopic (exact) mass is 652 g/mol. The van der Waals surface area contributed by atoms with Crippen molar-refractivity contribution in [1.82, 2.24) is 4.98 Å². The van der Waals surface area contributed by atoms with E-state index in [2.05, 4.69) is 200 Å². The molecule has 1 aliphatic carbocycles. The molecule has 2 nitrogen and oxygen atoms in total. The second kappa shape index (κ2) is 11.3. The molecule has 1 N–H and O–H groups in total. The maximum atomic E-state index is 4.04. The number of rotatable bonds is 5. The molecule has 242 valence electrons. The number of para-hydroxylation sites is 1. The summed E-state index contributed by atoms with van der Waals surface area (Å²) in [5.41, 5.74) is 15.9. The van der Waals surface area contributed by atoms with E-state index in [9.17, 15) is 0 Å². The molecule has 2 heteroatoms. The summed E-state index contributed by atoms with van der Waals surface area (Å²) in [6.07, 6.45) is 0. The molecule has 0 saturated carbocycles. The van der Waals surface area contributed by atoms with Gasteiger partial charge in [0.2, 0.25) is 0 Å². The molecule has 0 saturated heterocycles. The van der Waals surface area contributed by atoms with E-state index in [4.69, 9.17) is 0 Å². The van der Waals surface area contributed by atoms with Crippen molar-refractivity contribution in [2.45, 2.75) is 19.3 Å². The Morgan fingerprint density at radius 1 is 0.431 bits per heavy atom. The zero-order valence-corrected chi connectivity index (χ0v) is 28.7. The second-order valence-electron chi connectivity index (χ2n) is 14.2. The normalized spacial score (nSPS) is 13.1. The van der Waals surface area contributed by atoms with E-state index >= 15 is 0 Å². The third kappa shape index (κ3) is 4.50. The van der Waals surface area contributed by atoms with Crippen LogP contribution in [0.1, 0.15) is 25.0 Å². The quantitative estimate of drug-likeness (QED) is 0.196. The third-order valence-electron chi connectivity index (χ3n) is 11.0. The number of H-pyrrole nitrogens is 1. The Bertz CT molecular complexity index is 2650. The lowest BCUT2D eigenvalue weighted by Gasteiger charge is -2.26. The molecule has 1 aromatic heterocycles. The highest BCUT2D eigenvalue weighted by atomic mass is 15.1. The fraction of sp³-hybridized carbons (Fsp3) is 0.0612. The third-order valence-corrected chi connectivity index (χ3v) is 11.0. The number of nitrogens with zero attached hydrogens (tertiary/aromatic N) is 1. The van der Waals surface area contributed by atoms with Gasteiger partial charge in [0.1, 0.15) is 0 Å². The van der Waals surface area contributed by atoms with E-state index in [1.807, 2.05) is 0 Å². The molecule has 51 heavy (non-hydrogen) atoms. The van der Waals surface area contributed by atoms with Gasteiger partial charge in [-0.2, -0.15) is 0 Å². The van der Waals surface area contributed by atoms with Crippen LogP contribution in [0.5, 0.6) is 0 Å². The van der Waals surface area contributed by atoms with Crippen LogP contribution in [-0.4, -0.2) is 4.98 Å². The number of fused-ring (bicyclic) bond motifs is 10. The summed E-state index contributed by atoms with van der Waals surface area (Å²) in [6, 6.07) is 63.9. The van der Waals surface area contributed by atoms with Crippen molar-refractivity contribution < 1.29 is 0 Å². The van der Waals surface area contributed by atoms with Crippen molar-refractivity contribution in [3.05, 3.63) is 187 Å². The molecule has 1 heterocycles. The maximum Gasteiger partial charge on any atom is 0.0710 e. The van der Waals surface area contributed by atoms with Gasteiger partial charge in [-0.15, -0.1) is 0 Å². The SMILES string of the molecule is CC1(C)c2ccccc2-c2c1c1c3cccc(N(c4ccc(-c5ccccc5)cc4)c4ccc(-c5ccccc5)cc4)c3[nH]c1c1ccccc21. The number of hydrogen-bond acceptors (Lipinski definition) is 1. The van der Waals surface area contributed by atoms with Gasteiger partial charge in [0.15, 0.2) is 0 Å². The lowest BCUT2D eigenvalue weighted by Crippen LogP contribution is -2.15. The summed E-state index contributed by atoms with van der Waals surface area (Å²) in [5.74, 6) is 0. The fourth-order valence-corrected chi connectivity index (χ4v) is 8.61. The highest BCUT2D eigenvalue weighted by Gasteiger charge is 2.39. The Morgan fingerprint density at radius 3 is 1.57 bits per heavy atom. The summed E-state index contributed by atoms with van der Waals surface area (Å²) >= 11 is 0. The van der Waals surface area contributed by atoms with Gasteiger partial charge in [0.05, 0.1) is 16.7 Å². The lowest BCUT2D eigenvalue weighted by atomic mass is 9.79. The van der Waals surface area contributed by atoms with Crippen LogP contribution >= 0.6 is 0 Å². The number of hydrogen-bond donors (Lipinski definition) is 1. The van der Waals surface area contributed by atoms with Crippen molar-refractivity contribution in [2.24, 2.45) is 0 Å². The molecular weight excluding hydrogens is 617 g/mol. The average molecular weight is 653 g/mol. The Balaban J connectivity index is 1.23. The van der Waals surface area contributed by atoms with Gasteiger partial charge in [0, 0.05) is 32.9 Å². The Labute approximate surface area is 298 Å². The van der Waals surface area contributed by atoms with E-state index in [-0.39, 0.29) is 5.41 Å². The number of aromatic amines is 1. The zero-order chi connectivity index (χ0) is 34.1. The topological polar surface area (TPSA) is 19.0 Å². The van der Waals surface area contributed by atoms with Crippen LogP contribution < -0.4 is 4.90 Å². The van der Waals surface area contributed by atoms with Gasteiger partial charge < -0.3 is 9.88 Å². The minimum Gasteiger partial charge on any atom is -0.352 e. The number of benzene rings is 8. The summed E-state index contributed by atoms with van der Waals surface area (Å²) < 4.78 is 0. The maximum absolute atomic E-state index is 4.04. The highest BCUT2D eigenvalue weighted by Crippen LogP contribution is 2.56. The molecule has 0 bridgehead atoms. The lowest BCUT2D eigenvalue weighted by molar-refractivity contribution is 0.667. The first-order chi connectivity index (χ1) is 25.1. The second-order valence-corrected chi connectivity index (χ2v) is 14.2. The molecule has 0 fully saturated rings. The Kier molecular flexibility index (Phi) is 6.56. The van der Waals surface area contributed by atoms with Crippen LogP contribution in [0.4, 0.5) is 17.1 Å². The molecule has 0 spiro atoms. The minimum atomic E-state index is -0.153. The summed E-state index contributed by atoms with van der Waals surface area (Å²) in [5, 5.41) is 5.13. The molecule has 1 aliphatic rings. The summed E-state index contributed by atoms with van der Waals surface area (Å²) in [6.45, 7) is 4.78. The van der Waals surface area contributed by atoms with E-state index in [0.717, 1.165) is 22.6 Å². The predicted molar refractivity (Wildman–Crippen MR) is 216 cm³/mol. The van der Waals surface area contributed by atoms with Crippen molar-refractivity contribution in [3.8, 4) is 33.4 Å². The van der Waals surface area contributed by atoms with Crippen molar-refractivity contribution in [3.63, 3.8) is 0 Å². The summed E-state index contributed by atoms with van der Waals surface area (Å²) in [7, 11) is 0. The Morgan fingerprint density at radius 2 is 0.941 bits per heavy atom. The molecule has 9 aromatic rings. The van der Waals surface area contributed by atoms with E-state index in [1.54, 1.807) is 0 Å². The molecular formula is C49H36N2. The first-order valence-corrected chi connectivity index (χ1v) is 17.8. The van der Waals surface area contributed by atoms with E-state index < -0.39 is 0 Å². The van der Waals surface area contributed by atoms with Crippen LogP contribution in [0.15, 0.2) is 176 Å². The van der Waals surface area contributed by atoms with Gasteiger partial charge >= 0.3 is 0 Å². The van der Waals surface area contributed by atoms with Crippen LogP contribution in [-0.2, 0) is 5.41 Å². The minimum absolute atomic E-state index is 0.153. The molecule has 0 aliphatic heterocycles. The average Bonchev–Trinajstić information content (AvgIpc) is 3.69. The van der Waals surface area contributed by atoms with Crippen LogP contribution in [0, 0.1) is 0 Å². The van der Waals surface area contributed by atoms with E-state index in [1.165, 1.54) is 71.6 Å². The summed E-state index contributed by atoms with van der Waals surface area (Å²) in [4.78, 5) is 6.44. The molecule has 10 rings (SSSR count). The van der Waals surface area contributed by atoms with Crippen molar-refractivity contribution in [2.75, 3.05) is 4.90 Å². The molecule has 8 aromatic carbocycles. The van der Waals surface area contributed by atoms with Gasteiger partial charge in [0.25, 0.3) is 0 Å². The van der Waals surface area contributed by atoms with Crippen LogP contribution in [0.3, 0.4) is 0 Å². The molecule has 0 radical (unpaired) electrons. The Hall–Kier alpha value is -6.38. The zero-order valence-electron chi connectivity index (χ0n) is 28.7. The molecule has 0 amide bonds. The van der Waals surface area contributed by atoms with Gasteiger partial charge in [-0.3, -0.25) is 0 Å². The number of anilines is 3. The highest BCUT2D eigenvalue weighted by molar-refractivity contribution is 6.26. The smallest absolute Gasteiger partial charge is 0.0710 e. The van der Waals surface area contributed by atoms with Crippen molar-refractivity contribution >= 4 is 49.6 Å². The first kappa shape index (κ1) is 29.5. The number of aromatic nitrogens is 1. The van der Waals surface area contributed by atoms with Crippen LogP contribution in [0.2, 0.25) is 0 Å². The van der Waals surface area contributed by atoms with Crippen molar-refractivity contribution in [1.29, 1.82) is 0 Å².